The monoisotopic (exact) mass is 472 g/mol. The molecule has 1 atom stereocenters. The van der Waals surface area contributed by atoms with Gasteiger partial charge in [0, 0.05) is 15.3 Å². The molecule has 1 aromatic carbocycles. The Kier molecular flexibility index (Phi) is 6.88. The molecule has 0 spiro atoms. The van der Waals surface area contributed by atoms with Gasteiger partial charge in [-0.2, -0.15) is 5.10 Å². The molecule has 0 saturated heterocycles. The van der Waals surface area contributed by atoms with Crippen LogP contribution in [0.2, 0.25) is 0 Å². The number of nitro groups is 1. The van der Waals surface area contributed by atoms with Crippen LogP contribution in [0.25, 0.3) is 0 Å². The first-order valence-corrected chi connectivity index (χ1v) is 9.40. The molecule has 0 fully saturated rings. The Morgan fingerprint density at radius 1 is 1.44 bits per heavy atom. The number of carbonyl (C=O) groups is 1. The van der Waals surface area contributed by atoms with E-state index in [2.05, 4.69) is 38.4 Å². The number of hydrazone groups is 1. The lowest BCUT2D eigenvalue weighted by atomic mass is 10.1. The molecule has 25 heavy (non-hydrogen) atoms. The molecule has 132 valence electrons. The van der Waals surface area contributed by atoms with E-state index in [4.69, 9.17) is 0 Å². The second kappa shape index (κ2) is 8.90. The summed E-state index contributed by atoms with van der Waals surface area (Å²) < 4.78 is 1.13. The number of hydrogen-bond acceptors (Lipinski definition) is 6. The van der Waals surface area contributed by atoms with Gasteiger partial charge >= 0.3 is 5.00 Å². The van der Waals surface area contributed by atoms with Crippen molar-refractivity contribution in [2.45, 2.75) is 26.3 Å². The van der Waals surface area contributed by atoms with Gasteiger partial charge in [-0.05, 0) is 65.8 Å². The second-order valence-corrected chi connectivity index (χ2v) is 7.57. The number of thiophene rings is 1. The number of hydrogen-bond donors (Lipinski definition) is 2. The van der Waals surface area contributed by atoms with Gasteiger partial charge in [-0.15, -0.1) is 0 Å². The molecule has 0 radical (unpaired) electrons. The molecule has 7 nitrogen and oxygen atoms in total. The standard InChI is InChI=1S/C16H17IN4O3S/c1-3-13(19-14-6-4-11(17)8-10(14)2)16(22)20-18-9-12-5-7-15(25-12)21(23)24/h4-9,13,19H,3H2,1-2H3,(H,20,22). The van der Waals surface area contributed by atoms with Crippen molar-refractivity contribution in [3.8, 4) is 0 Å². The van der Waals surface area contributed by atoms with Crippen LogP contribution in [0, 0.1) is 20.6 Å². The lowest BCUT2D eigenvalue weighted by Crippen LogP contribution is -2.37. The lowest BCUT2D eigenvalue weighted by Gasteiger charge is -2.18. The topological polar surface area (TPSA) is 96.6 Å². The summed E-state index contributed by atoms with van der Waals surface area (Å²) in [6.45, 7) is 3.89. The SMILES string of the molecule is CCC(Nc1ccc(I)cc1C)C(=O)NN=Cc1ccc([N+](=O)[O-])s1. The lowest BCUT2D eigenvalue weighted by molar-refractivity contribution is -0.380. The van der Waals surface area contributed by atoms with Crippen LogP contribution in [0.5, 0.6) is 0 Å². The van der Waals surface area contributed by atoms with E-state index >= 15 is 0 Å². The van der Waals surface area contributed by atoms with E-state index < -0.39 is 11.0 Å². The summed E-state index contributed by atoms with van der Waals surface area (Å²) in [6.07, 6.45) is 2.00. The molecule has 9 heteroatoms. The summed E-state index contributed by atoms with van der Waals surface area (Å²) in [7, 11) is 0. The number of rotatable bonds is 7. The van der Waals surface area contributed by atoms with Crippen LogP contribution in [0.3, 0.4) is 0 Å². The van der Waals surface area contributed by atoms with Gasteiger partial charge in [0.25, 0.3) is 5.91 Å². The third-order valence-corrected chi connectivity index (χ3v) is 5.04. The smallest absolute Gasteiger partial charge is 0.324 e. The molecule has 2 rings (SSSR count). The van der Waals surface area contributed by atoms with Gasteiger partial charge in [0.2, 0.25) is 0 Å². The van der Waals surface area contributed by atoms with Gasteiger partial charge in [0.1, 0.15) is 6.04 Å². The first-order valence-electron chi connectivity index (χ1n) is 7.50. The van der Waals surface area contributed by atoms with E-state index in [1.54, 1.807) is 6.07 Å². The van der Waals surface area contributed by atoms with Crippen LogP contribution in [0.15, 0.2) is 35.4 Å². The minimum Gasteiger partial charge on any atom is -0.373 e. The Hall–Kier alpha value is -2.01. The summed E-state index contributed by atoms with van der Waals surface area (Å²) in [4.78, 5) is 23.0. The van der Waals surface area contributed by atoms with E-state index in [0.717, 1.165) is 26.2 Å². The number of carbonyl (C=O) groups excluding carboxylic acids is 1. The fraction of sp³-hybridized carbons (Fsp3) is 0.250. The average Bonchev–Trinajstić information content (AvgIpc) is 3.03. The van der Waals surface area contributed by atoms with Gasteiger partial charge in [0.15, 0.2) is 0 Å². The number of aryl methyl sites for hydroxylation is 1. The molecular formula is C16H17IN4O3S. The van der Waals surface area contributed by atoms with Crippen molar-refractivity contribution in [1.82, 2.24) is 5.43 Å². The molecule has 1 aromatic heterocycles. The second-order valence-electron chi connectivity index (χ2n) is 5.23. The molecule has 1 unspecified atom stereocenters. The van der Waals surface area contributed by atoms with Crippen LogP contribution < -0.4 is 10.7 Å². The van der Waals surface area contributed by atoms with Crippen molar-refractivity contribution in [3.63, 3.8) is 0 Å². The van der Waals surface area contributed by atoms with E-state index in [-0.39, 0.29) is 10.9 Å². The molecular weight excluding hydrogens is 455 g/mol. The molecule has 1 heterocycles. The maximum Gasteiger partial charge on any atom is 0.324 e. The highest BCUT2D eigenvalue weighted by Gasteiger charge is 2.16. The minimum atomic E-state index is -0.457. The fourth-order valence-electron chi connectivity index (χ4n) is 2.08. The number of benzene rings is 1. The van der Waals surface area contributed by atoms with Gasteiger partial charge in [-0.1, -0.05) is 18.3 Å². The molecule has 0 saturated carbocycles. The van der Waals surface area contributed by atoms with E-state index in [1.807, 2.05) is 32.0 Å². The van der Waals surface area contributed by atoms with Crippen molar-refractivity contribution < 1.29 is 9.72 Å². The molecule has 0 bridgehead atoms. The Balaban J connectivity index is 1.97. The first-order chi connectivity index (χ1) is 11.9. The molecule has 2 N–H and O–H groups in total. The van der Waals surface area contributed by atoms with Crippen molar-refractivity contribution in [3.05, 3.63) is 54.5 Å². The molecule has 0 aliphatic heterocycles. The third-order valence-electron chi connectivity index (χ3n) is 3.40. The zero-order valence-corrected chi connectivity index (χ0v) is 16.6. The number of anilines is 1. The molecule has 0 aliphatic carbocycles. The molecule has 2 aromatic rings. The quantitative estimate of drug-likeness (QED) is 0.277. The summed E-state index contributed by atoms with van der Waals surface area (Å²) in [5.41, 5.74) is 4.44. The average molecular weight is 472 g/mol. The first kappa shape index (κ1) is 19.3. The van der Waals surface area contributed by atoms with E-state index in [9.17, 15) is 14.9 Å². The van der Waals surface area contributed by atoms with E-state index in [1.165, 1.54) is 12.3 Å². The van der Waals surface area contributed by atoms with Gasteiger partial charge in [-0.3, -0.25) is 14.9 Å². The van der Waals surface area contributed by atoms with Crippen molar-refractivity contribution >= 4 is 56.7 Å². The van der Waals surface area contributed by atoms with Crippen LogP contribution in [0.1, 0.15) is 23.8 Å². The highest BCUT2D eigenvalue weighted by Crippen LogP contribution is 2.22. The minimum absolute atomic E-state index is 0.0371. The zero-order chi connectivity index (χ0) is 18.4. The fourth-order valence-corrected chi connectivity index (χ4v) is 3.42. The van der Waals surface area contributed by atoms with Crippen LogP contribution in [-0.4, -0.2) is 23.1 Å². The Morgan fingerprint density at radius 3 is 2.80 bits per heavy atom. The Morgan fingerprint density at radius 2 is 2.20 bits per heavy atom. The van der Waals surface area contributed by atoms with Crippen LogP contribution >= 0.6 is 33.9 Å². The summed E-state index contributed by atoms with van der Waals surface area (Å²) >= 11 is 3.24. The number of nitrogens with zero attached hydrogens (tertiary/aromatic N) is 2. The Labute approximate surface area is 162 Å². The molecule has 1 amide bonds. The number of nitrogens with one attached hydrogen (secondary N) is 2. The van der Waals surface area contributed by atoms with Gasteiger partial charge < -0.3 is 5.32 Å². The highest BCUT2D eigenvalue weighted by atomic mass is 127. The Bertz CT molecular complexity index is 806. The normalized spacial score (nSPS) is 12.1. The van der Waals surface area contributed by atoms with Crippen LogP contribution in [-0.2, 0) is 4.79 Å². The number of halogens is 1. The van der Waals surface area contributed by atoms with Gasteiger partial charge in [-0.25, -0.2) is 5.43 Å². The van der Waals surface area contributed by atoms with Crippen molar-refractivity contribution in [1.29, 1.82) is 0 Å². The predicted molar refractivity (Wildman–Crippen MR) is 108 cm³/mol. The summed E-state index contributed by atoms with van der Waals surface area (Å²) in [6, 6.07) is 8.53. The maximum absolute atomic E-state index is 12.3. The highest BCUT2D eigenvalue weighted by molar-refractivity contribution is 14.1. The van der Waals surface area contributed by atoms with Crippen molar-refractivity contribution in [2.75, 3.05) is 5.32 Å². The maximum atomic E-state index is 12.3. The van der Waals surface area contributed by atoms with Crippen LogP contribution in [0.4, 0.5) is 10.7 Å². The zero-order valence-electron chi connectivity index (χ0n) is 13.7. The third kappa shape index (κ3) is 5.49. The molecule has 0 aliphatic rings. The summed E-state index contributed by atoms with van der Waals surface area (Å²) in [5, 5.41) is 17.8. The largest absolute Gasteiger partial charge is 0.373 e. The predicted octanol–water partition coefficient (Wildman–Crippen LogP) is 3.91. The summed E-state index contributed by atoms with van der Waals surface area (Å²) in [5.74, 6) is -0.261. The van der Waals surface area contributed by atoms with Crippen molar-refractivity contribution in [2.24, 2.45) is 5.10 Å². The number of amides is 1. The van der Waals surface area contributed by atoms with Gasteiger partial charge in [0.05, 0.1) is 16.0 Å². The van der Waals surface area contributed by atoms with E-state index in [0.29, 0.717) is 11.3 Å².